The van der Waals surface area contributed by atoms with Gasteiger partial charge in [0.25, 0.3) is 0 Å². The first-order valence-electron chi connectivity index (χ1n) is 5.06. The van der Waals surface area contributed by atoms with Crippen molar-refractivity contribution in [2.45, 2.75) is 25.8 Å². The molecule has 2 N–H and O–H groups in total. The van der Waals surface area contributed by atoms with E-state index in [4.69, 9.17) is 10.3 Å². The van der Waals surface area contributed by atoms with Gasteiger partial charge in [-0.25, -0.2) is 0 Å². The monoisotopic (exact) mass is 254 g/mol. The molecule has 0 atom stereocenters. The zero-order valence-corrected chi connectivity index (χ0v) is 10.6. The Morgan fingerprint density at radius 2 is 2.18 bits per heavy atom. The molecule has 2 aromatic heterocycles. The average molecular weight is 255 g/mol. The number of nitrogens with zero attached hydrogens (tertiary/aromatic N) is 3. The van der Waals surface area contributed by atoms with E-state index in [2.05, 4.69) is 15.1 Å². The van der Waals surface area contributed by atoms with Crippen LogP contribution in [0.25, 0.3) is 0 Å². The maximum atomic E-state index is 5.85. The van der Waals surface area contributed by atoms with E-state index in [9.17, 15) is 0 Å². The van der Waals surface area contributed by atoms with Gasteiger partial charge in [0.2, 0.25) is 5.89 Å². The van der Waals surface area contributed by atoms with E-state index in [0.29, 0.717) is 18.1 Å². The molecule has 0 spiro atoms. The summed E-state index contributed by atoms with van der Waals surface area (Å²) in [6, 6.07) is 3.85. The second-order valence-electron chi connectivity index (χ2n) is 4.28. The zero-order valence-electron chi connectivity index (χ0n) is 9.75. The predicted octanol–water partition coefficient (Wildman–Crippen LogP) is 1.67. The normalized spacial score (nSPS) is 11.0. The van der Waals surface area contributed by atoms with Gasteiger partial charge >= 0.3 is 0 Å². The molecule has 2 heterocycles. The molecular formula is C11H15ClN4O. The number of hydrogen-bond donors (Lipinski definition) is 1. The van der Waals surface area contributed by atoms with Gasteiger partial charge in [-0.15, -0.1) is 12.4 Å². The molecule has 0 saturated heterocycles. The fourth-order valence-corrected chi connectivity index (χ4v) is 1.27. The Morgan fingerprint density at radius 1 is 1.41 bits per heavy atom. The van der Waals surface area contributed by atoms with Crippen LogP contribution in [0.1, 0.15) is 31.1 Å². The van der Waals surface area contributed by atoms with Crippen LogP contribution in [0.5, 0.6) is 0 Å². The minimum Gasteiger partial charge on any atom is -0.337 e. The van der Waals surface area contributed by atoms with Crippen molar-refractivity contribution in [2.24, 2.45) is 5.73 Å². The van der Waals surface area contributed by atoms with Crippen molar-refractivity contribution in [1.82, 2.24) is 15.1 Å². The van der Waals surface area contributed by atoms with E-state index in [-0.39, 0.29) is 12.4 Å². The first-order chi connectivity index (χ1) is 7.55. The van der Waals surface area contributed by atoms with Crippen LogP contribution in [0.4, 0.5) is 0 Å². The molecule has 2 aromatic rings. The molecule has 0 saturated carbocycles. The molecule has 0 fully saturated rings. The molecule has 0 unspecified atom stereocenters. The number of rotatable bonds is 3. The quantitative estimate of drug-likeness (QED) is 0.902. The van der Waals surface area contributed by atoms with E-state index in [1.807, 2.05) is 26.0 Å². The molecule has 92 valence electrons. The van der Waals surface area contributed by atoms with Crippen molar-refractivity contribution < 1.29 is 4.52 Å². The fourth-order valence-electron chi connectivity index (χ4n) is 1.27. The molecule has 0 amide bonds. The van der Waals surface area contributed by atoms with E-state index in [1.54, 1.807) is 12.4 Å². The van der Waals surface area contributed by atoms with E-state index in [0.717, 1.165) is 5.56 Å². The SMILES string of the molecule is CC(C)(N)c1nc(Cc2cccnc2)no1.Cl. The largest absolute Gasteiger partial charge is 0.337 e. The summed E-state index contributed by atoms with van der Waals surface area (Å²) in [6.45, 7) is 3.66. The van der Waals surface area contributed by atoms with Gasteiger partial charge in [0.05, 0.1) is 5.54 Å². The van der Waals surface area contributed by atoms with Gasteiger partial charge in [-0.1, -0.05) is 11.2 Å². The lowest BCUT2D eigenvalue weighted by atomic mass is 10.1. The van der Waals surface area contributed by atoms with Gasteiger partial charge in [0.1, 0.15) is 0 Å². The van der Waals surface area contributed by atoms with Crippen molar-refractivity contribution in [2.75, 3.05) is 0 Å². The number of pyridine rings is 1. The molecule has 5 nitrogen and oxygen atoms in total. The molecule has 17 heavy (non-hydrogen) atoms. The summed E-state index contributed by atoms with van der Waals surface area (Å²) in [5, 5.41) is 3.88. The van der Waals surface area contributed by atoms with Gasteiger partial charge in [-0.2, -0.15) is 4.98 Å². The predicted molar refractivity (Wildman–Crippen MR) is 65.8 cm³/mol. The van der Waals surface area contributed by atoms with Crippen LogP contribution in [0.15, 0.2) is 29.0 Å². The molecule has 0 bridgehead atoms. The molecule has 6 heteroatoms. The molecule has 0 aromatic carbocycles. The molecule has 0 radical (unpaired) electrons. The van der Waals surface area contributed by atoms with Gasteiger partial charge in [0, 0.05) is 18.8 Å². The van der Waals surface area contributed by atoms with Crippen molar-refractivity contribution in [3.05, 3.63) is 41.8 Å². The van der Waals surface area contributed by atoms with Gasteiger partial charge in [-0.05, 0) is 25.5 Å². The van der Waals surface area contributed by atoms with E-state index < -0.39 is 5.54 Å². The van der Waals surface area contributed by atoms with Gasteiger partial charge in [0.15, 0.2) is 5.82 Å². The number of hydrogen-bond acceptors (Lipinski definition) is 5. The van der Waals surface area contributed by atoms with E-state index >= 15 is 0 Å². The standard InChI is InChI=1S/C11H14N4O.ClH/c1-11(2,12)10-14-9(15-16-10)6-8-4-3-5-13-7-8;/h3-5,7H,6,12H2,1-2H3;1H. The number of halogens is 1. The third kappa shape index (κ3) is 3.51. The van der Waals surface area contributed by atoms with Crippen molar-refractivity contribution in [3.8, 4) is 0 Å². The number of aromatic nitrogens is 3. The third-order valence-corrected chi connectivity index (χ3v) is 2.10. The van der Waals surface area contributed by atoms with Crippen molar-refractivity contribution in [1.29, 1.82) is 0 Å². The summed E-state index contributed by atoms with van der Waals surface area (Å²) in [7, 11) is 0. The highest BCUT2D eigenvalue weighted by molar-refractivity contribution is 5.85. The first-order valence-corrected chi connectivity index (χ1v) is 5.06. The highest BCUT2D eigenvalue weighted by Gasteiger charge is 2.22. The van der Waals surface area contributed by atoms with Crippen molar-refractivity contribution >= 4 is 12.4 Å². The van der Waals surface area contributed by atoms with E-state index in [1.165, 1.54) is 0 Å². The Balaban J connectivity index is 0.00000144. The molecule has 0 aliphatic rings. The van der Waals surface area contributed by atoms with Crippen LogP contribution >= 0.6 is 12.4 Å². The molecule has 2 rings (SSSR count). The molecule has 0 aliphatic heterocycles. The van der Waals surface area contributed by atoms with Crippen LogP contribution < -0.4 is 5.73 Å². The first kappa shape index (κ1) is 13.6. The Hall–Kier alpha value is -1.46. The molecular weight excluding hydrogens is 240 g/mol. The lowest BCUT2D eigenvalue weighted by molar-refractivity contribution is 0.310. The van der Waals surface area contributed by atoms with Crippen LogP contribution in [-0.4, -0.2) is 15.1 Å². The molecule has 0 aliphatic carbocycles. The number of nitrogens with two attached hydrogens (primary N) is 1. The summed E-state index contributed by atoms with van der Waals surface area (Å²) >= 11 is 0. The fraction of sp³-hybridized carbons (Fsp3) is 0.364. The summed E-state index contributed by atoms with van der Waals surface area (Å²) < 4.78 is 5.09. The van der Waals surface area contributed by atoms with Gasteiger partial charge in [-0.3, -0.25) is 4.98 Å². The smallest absolute Gasteiger partial charge is 0.246 e. The minimum absolute atomic E-state index is 0. The second-order valence-corrected chi connectivity index (χ2v) is 4.28. The minimum atomic E-state index is -0.597. The van der Waals surface area contributed by atoms with Crippen LogP contribution in [0.3, 0.4) is 0 Å². The van der Waals surface area contributed by atoms with Crippen LogP contribution in [0, 0.1) is 0 Å². The Morgan fingerprint density at radius 3 is 2.71 bits per heavy atom. The average Bonchev–Trinajstić information content (AvgIpc) is 2.67. The van der Waals surface area contributed by atoms with Gasteiger partial charge < -0.3 is 10.3 Å². The highest BCUT2D eigenvalue weighted by Crippen LogP contribution is 2.15. The topological polar surface area (TPSA) is 77.8 Å². The highest BCUT2D eigenvalue weighted by atomic mass is 35.5. The maximum absolute atomic E-state index is 5.85. The van der Waals surface area contributed by atoms with Crippen LogP contribution in [-0.2, 0) is 12.0 Å². The Bertz CT molecular complexity index is 464. The lowest BCUT2D eigenvalue weighted by Crippen LogP contribution is -2.29. The Kier molecular flexibility index (Phi) is 4.20. The maximum Gasteiger partial charge on any atom is 0.246 e. The summed E-state index contributed by atoms with van der Waals surface area (Å²) in [5.74, 6) is 1.08. The Labute approximate surface area is 106 Å². The lowest BCUT2D eigenvalue weighted by Gasteiger charge is -2.10. The summed E-state index contributed by atoms with van der Waals surface area (Å²) in [5.41, 5.74) is 6.30. The van der Waals surface area contributed by atoms with Crippen LogP contribution in [0.2, 0.25) is 0 Å². The summed E-state index contributed by atoms with van der Waals surface area (Å²) in [4.78, 5) is 8.27. The summed E-state index contributed by atoms with van der Waals surface area (Å²) in [6.07, 6.45) is 4.12. The van der Waals surface area contributed by atoms with Crippen molar-refractivity contribution in [3.63, 3.8) is 0 Å². The third-order valence-electron chi connectivity index (χ3n) is 2.10. The second kappa shape index (κ2) is 5.25. The zero-order chi connectivity index (χ0) is 11.6.